The van der Waals surface area contributed by atoms with Gasteiger partial charge in [0.15, 0.2) is 0 Å². The first-order valence-electron chi connectivity index (χ1n) is 4.86. The molecule has 0 aromatic carbocycles. The van der Waals surface area contributed by atoms with E-state index in [0.29, 0.717) is 12.4 Å². The summed E-state index contributed by atoms with van der Waals surface area (Å²) in [6.07, 6.45) is 0. The molecule has 0 amide bonds. The highest BCUT2D eigenvalue weighted by Gasteiger charge is 2.20. The Labute approximate surface area is 86.6 Å². The molecule has 1 aliphatic heterocycles. The van der Waals surface area contributed by atoms with Crippen LogP contribution in [0.5, 0.6) is 0 Å². The molecule has 0 saturated heterocycles. The molecule has 0 unspecified atom stereocenters. The van der Waals surface area contributed by atoms with Gasteiger partial charge in [0.2, 0.25) is 0 Å². The molecule has 0 fully saturated rings. The fraction of sp³-hybridized carbons (Fsp3) is 0.400. The number of pyridine rings is 1. The van der Waals surface area contributed by atoms with E-state index in [1.165, 1.54) is 6.07 Å². The molecule has 1 aliphatic rings. The summed E-state index contributed by atoms with van der Waals surface area (Å²) in [5, 5.41) is 8.83. The van der Waals surface area contributed by atoms with E-state index in [4.69, 9.17) is 5.11 Å². The molecule has 5 heteroatoms. The summed E-state index contributed by atoms with van der Waals surface area (Å²) in [6.45, 7) is 4.17. The van der Waals surface area contributed by atoms with Crippen LogP contribution in [0.1, 0.15) is 17.3 Å². The van der Waals surface area contributed by atoms with Crippen LogP contribution in [0.3, 0.4) is 0 Å². The fourth-order valence-electron chi connectivity index (χ4n) is 1.85. The Morgan fingerprint density at radius 2 is 2.20 bits per heavy atom. The van der Waals surface area contributed by atoms with Crippen LogP contribution in [0.4, 0.5) is 5.82 Å². The fourth-order valence-corrected chi connectivity index (χ4v) is 1.85. The number of anilines is 1. The largest absolute Gasteiger partial charge is 0.478 e. The first-order chi connectivity index (χ1) is 7.13. The zero-order chi connectivity index (χ0) is 11.0. The Bertz CT molecular complexity index is 464. The Morgan fingerprint density at radius 3 is 2.80 bits per heavy atom. The first-order valence-corrected chi connectivity index (χ1v) is 4.86. The van der Waals surface area contributed by atoms with Crippen LogP contribution < -0.4 is 10.5 Å². The molecular weight excluding hydrogens is 196 g/mol. The molecule has 0 spiro atoms. The van der Waals surface area contributed by atoms with Gasteiger partial charge in [0.05, 0.1) is 5.56 Å². The molecule has 0 saturated carbocycles. The lowest BCUT2D eigenvalue weighted by Crippen LogP contribution is -2.21. The minimum absolute atomic E-state index is 0.0617. The van der Waals surface area contributed by atoms with Gasteiger partial charge in [-0.15, -0.1) is 0 Å². The number of carbonyl (C=O) groups is 1. The van der Waals surface area contributed by atoms with Gasteiger partial charge in [0.1, 0.15) is 5.82 Å². The number of nitrogens with zero attached hydrogens (tertiary/aromatic N) is 2. The molecule has 1 aromatic heterocycles. The van der Waals surface area contributed by atoms with E-state index < -0.39 is 5.97 Å². The van der Waals surface area contributed by atoms with Crippen LogP contribution in [0.2, 0.25) is 0 Å². The molecule has 0 radical (unpaired) electrons. The van der Waals surface area contributed by atoms with Gasteiger partial charge < -0.3 is 10.0 Å². The predicted octanol–water partition coefficient (Wildman–Crippen LogP) is 0.386. The second-order valence-corrected chi connectivity index (χ2v) is 3.48. The summed E-state index contributed by atoms with van der Waals surface area (Å²) in [5.74, 6) is -0.346. The zero-order valence-electron chi connectivity index (χ0n) is 8.43. The number of fused-ring (bicyclic) bond motifs is 1. The molecule has 15 heavy (non-hydrogen) atoms. The lowest BCUT2D eigenvalue weighted by atomic mass is 10.2. The standard InChI is InChI=1S/C10H12N2O3/c1-2-11-3-4-12-8(11)5-7(10(14)15)6-9(12)13/h5-6H,2-4H2,1H3,(H,14,15). The second-order valence-electron chi connectivity index (χ2n) is 3.48. The smallest absolute Gasteiger partial charge is 0.336 e. The molecule has 2 heterocycles. The van der Waals surface area contributed by atoms with Gasteiger partial charge in [0.25, 0.3) is 5.56 Å². The molecule has 1 aromatic rings. The number of rotatable bonds is 2. The summed E-state index contributed by atoms with van der Waals surface area (Å²) in [6, 6.07) is 2.73. The highest BCUT2D eigenvalue weighted by Crippen LogP contribution is 2.19. The molecule has 2 rings (SSSR count). The number of aromatic carboxylic acids is 1. The summed E-state index contributed by atoms with van der Waals surface area (Å²) < 4.78 is 1.61. The van der Waals surface area contributed by atoms with Crippen molar-refractivity contribution in [3.63, 3.8) is 0 Å². The van der Waals surface area contributed by atoms with E-state index in [-0.39, 0.29) is 11.1 Å². The van der Waals surface area contributed by atoms with Gasteiger partial charge >= 0.3 is 5.97 Å². The first kappa shape index (κ1) is 9.76. The quantitative estimate of drug-likeness (QED) is 0.763. The van der Waals surface area contributed by atoms with Crippen LogP contribution in [0, 0.1) is 0 Å². The van der Waals surface area contributed by atoms with Crippen molar-refractivity contribution < 1.29 is 9.90 Å². The number of hydrogen-bond acceptors (Lipinski definition) is 3. The van der Waals surface area contributed by atoms with E-state index in [1.54, 1.807) is 10.6 Å². The summed E-state index contributed by atoms with van der Waals surface area (Å²) in [5.41, 5.74) is -0.174. The van der Waals surface area contributed by atoms with E-state index in [2.05, 4.69) is 0 Å². The van der Waals surface area contributed by atoms with Crippen molar-refractivity contribution >= 4 is 11.8 Å². The highest BCUT2D eigenvalue weighted by molar-refractivity contribution is 5.88. The number of likely N-dealkylation sites (N-methyl/N-ethyl adjacent to an activating group) is 1. The van der Waals surface area contributed by atoms with Crippen LogP contribution in [-0.2, 0) is 6.54 Å². The van der Waals surface area contributed by atoms with Crippen molar-refractivity contribution in [1.82, 2.24) is 4.57 Å². The maximum Gasteiger partial charge on any atom is 0.336 e. The Kier molecular flexibility index (Phi) is 2.22. The molecule has 80 valence electrons. The van der Waals surface area contributed by atoms with Crippen molar-refractivity contribution in [2.24, 2.45) is 0 Å². The average Bonchev–Trinajstić information content (AvgIpc) is 2.60. The summed E-state index contributed by atoms with van der Waals surface area (Å²) in [7, 11) is 0. The lowest BCUT2D eigenvalue weighted by Gasteiger charge is -2.15. The Morgan fingerprint density at radius 1 is 1.47 bits per heavy atom. The van der Waals surface area contributed by atoms with Crippen molar-refractivity contribution in [2.75, 3.05) is 18.0 Å². The van der Waals surface area contributed by atoms with Gasteiger partial charge in [-0.3, -0.25) is 9.36 Å². The van der Waals surface area contributed by atoms with E-state index in [0.717, 1.165) is 13.1 Å². The Balaban J connectivity index is 2.58. The van der Waals surface area contributed by atoms with Crippen LogP contribution >= 0.6 is 0 Å². The second kappa shape index (κ2) is 3.42. The van der Waals surface area contributed by atoms with Gasteiger partial charge in [-0.1, -0.05) is 0 Å². The Hall–Kier alpha value is -1.78. The molecule has 1 N–H and O–H groups in total. The molecular formula is C10H12N2O3. The summed E-state index contributed by atoms with van der Waals surface area (Å²) >= 11 is 0. The number of carboxylic acid groups (broad SMARTS) is 1. The van der Waals surface area contributed by atoms with Gasteiger partial charge in [-0.05, 0) is 13.0 Å². The number of aromatic nitrogens is 1. The van der Waals surface area contributed by atoms with Crippen LogP contribution in [-0.4, -0.2) is 28.7 Å². The molecule has 0 bridgehead atoms. The van der Waals surface area contributed by atoms with E-state index in [1.807, 2.05) is 11.8 Å². The third-order valence-electron chi connectivity index (χ3n) is 2.65. The summed E-state index contributed by atoms with van der Waals surface area (Å²) in [4.78, 5) is 24.3. The zero-order valence-corrected chi connectivity index (χ0v) is 8.43. The monoisotopic (exact) mass is 208 g/mol. The predicted molar refractivity (Wildman–Crippen MR) is 55.5 cm³/mol. The normalized spacial score (nSPS) is 14.1. The SMILES string of the molecule is CCN1CCn2c1cc(C(=O)O)cc2=O. The maximum absolute atomic E-state index is 11.6. The molecule has 0 atom stereocenters. The number of hydrogen-bond donors (Lipinski definition) is 1. The molecule has 5 nitrogen and oxygen atoms in total. The van der Waals surface area contributed by atoms with Crippen molar-refractivity contribution in [2.45, 2.75) is 13.5 Å². The third kappa shape index (κ3) is 1.49. The van der Waals surface area contributed by atoms with Crippen molar-refractivity contribution in [3.05, 3.63) is 28.0 Å². The van der Waals surface area contributed by atoms with Gasteiger partial charge in [0, 0.05) is 25.7 Å². The topological polar surface area (TPSA) is 62.5 Å². The van der Waals surface area contributed by atoms with Crippen molar-refractivity contribution in [3.8, 4) is 0 Å². The van der Waals surface area contributed by atoms with Gasteiger partial charge in [-0.25, -0.2) is 4.79 Å². The average molecular weight is 208 g/mol. The lowest BCUT2D eigenvalue weighted by molar-refractivity contribution is 0.0696. The minimum atomic E-state index is -1.06. The van der Waals surface area contributed by atoms with E-state index in [9.17, 15) is 9.59 Å². The van der Waals surface area contributed by atoms with Gasteiger partial charge in [-0.2, -0.15) is 0 Å². The molecule has 0 aliphatic carbocycles. The van der Waals surface area contributed by atoms with Crippen molar-refractivity contribution in [1.29, 1.82) is 0 Å². The van der Waals surface area contributed by atoms with Crippen LogP contribution in [0.25, 0.3) is 0 Å². The maximum atomic E-state index is 11.6. The van der Waals surface area contributed by atoms with Crippen LogP contribution in [0.15, 0.2) is 16.9 Å². The third-order valence-corrected chi connectivity index (χ3v) is 2.65. The van der Waals surface area contributed by atoms with E-state index >= 15 is 0 Å². The highest BCUT2D eigenvalue weighted by atomic mass is 16.4. The minimum Gasteiger partial charge on any atom is -0.478 e. The number of carboxylic acids is 1.